The van der Waals surface area contributed by atoms with Crippen LogP contribution in [0.3, 0.4) is 0 Å². The molecule has 2 aromatic carbocycles. The number of ether oxygens (including phenoxy) is 1. The first-order valence-corrected chi connectivity index (χ1v) is 9.99. The van der Waals surface area contributed by atoms with Gasteiger partial charge < -0.3 is 14.6 Å². The van der Waals surface area contributed by atoms with Crippen LogP contribution in [0.1, 0.15) is 25.1 Å². The Kier molecular flexibility index (Phi) is 5.94. The molecule has 1 aliphatic heterocycles. The van der Waals surface area contributed by atoms with E-state index in [1.54, 1.807) is 0 Å². The van der Waals surface area contributed by atoms with Crippen molar-refractivity contribution in [2.75, 3.05) is 11.9 Å². The minimum atomic E-state index is -0.571. The average molecular weight is 433 g/mol. The molecule has 1 aliphatic rings. The normalized spacial score (nSPS) is 13.4. The van der Waals surface area contributed by atoms with Gasteiger partial charge in [0.15, 0.2) is 12.4 Å². The zero-order valence-corrected chi connectivity index (χ0v) is 16.8. The molecule has 0 fully saturated rings. The number of fused-ring (bicyclic) bond motifs is 1. The van der Waals surface area contributed by atoms with Crippen LogP contribution in [0.2, 0.25) is 5.02 Å². The summed E-state index contributed by atoms with van der Waals surface area (Å²) < 4.78 is 35.0. The lowest BCUT2D eigenvalue weighted by molar-refractivity contribution is -0.118. The predicted molar refractivity (Wildman–Crippen MR) is 109 cm³/mol. The summed E-state index contributed by atoms with van der Waals surface area (Å²) in [5, 5.41) is 10.9. The van der Waals surface area contributed by atoms with Gasteiger partial charge in [0.1, 0.15) is 23.2 Å². The number of anilines is 1. The molecule has 30 heavy (non-hydrogen) atoms. The largest absolute Gasteiger partial charge is 0.484 e. The number of carbonyl (C=O) groups is 1. The second-order valence-corrected chi connectivity index (χ2v) is 7.42. The number of hydrogen-bond acceptors (Lipinski definition) is 4. The molecule has 0 saturated heterocycles. The number of rotatable bonds is 5. The molecule has 6 nitrogen and oxygen atoms in total. The van der Waals surface area contributed by atoms with E-state index < -0.39 is 17.5 Å². The van der Waals surface area contributed by atoms with Crippen LogP contribution in [-0.4, -0.2) is 27.3 Å². The lowest BCUT2D eigenvalue weighted by Crippen LogP contribution is -2.20. The summed E-state index contributed by atoms with van der Waals surface area (Å²) in [7, 11) is 0. The highest BCUT2D eigenvalue weighted by Crippen LogP contribution is 2.27. The third-order valence-electron chi connectivity index (χ3n) is 4.86. The molecule has 4 rings (SSSR count). The van der Waals surface area contributed by atoms with Gasteiger partial charge in [0.05, 0.1) is 10.6 Å². The van der Waals surface area contributed by atoms with E-state index in [9.17, 15) is 13.6 Å². The number of amides is 1. The fourth-order valence-corrected chi connectivity index (χ4v) is 3.54. The van der Waals surface area contributed by atoms with E-state index in [2.05, 4.69) is 15.5 Å². The van der Waals surface area contributed by atoms with Gasteiger partial charge >= 0.3 is 0 Å². The molecule has 0 atom stereocenters. The van der Waals surface area contributed by atoms with E-state index in [4.69, 9.17) is 16.3 Å². The third-order valence-corrected chi connectivity index (χ3v) is 5.15. The van der Waals surface area contributed by atoms with Gasteiger partial charge in [0.25, 0.3) is 5.91 Å². The molecule has 0 unspecified atom stereocenters. The summed E-state index contributed by atoms with van der Waals surface area (Å²) in [6.45, 7) is 0.427. The molecule has 0 spiro atoms. The first-order valence-electron chi connectivity index (χ1n) is 9.61. The molecular formula is C21H19ClF2N4O2. The molecule has 0 aliphatic carbocycles. The van der Waals surface area contributed by atoms with Crippen LogP contribution < -0.4 is 10.1 Å². The molecule has 0 bridgehead atoms. The van der Waals surface area contributed by atoms with Crippen LogP contribution in [0.25, 0.3) is 11.4 Å². The van der Waals surface area contributed by atoms with Crippen LogP contribution in [0.4, 0.5) is 14.5 Å². The molecule has 3 aromatic rings. The van der Waals surface area contributed by atoms with Gasteiger partial charge in [-0.05, 0) is 43.2 Å². The van der Waals surface area contributed by atoms with E-state index in [-0.39, 0.29) is 22.9 Å². The van der Waals surface area contributed by atoms with E-state index in [1.807, 2.05) is 4.57 Å². The summed E-state index contributed by atoms with van der Waals surface area (Å²) in [5.41, 5.74) is 0.683. The number of halogens is 3. The van der Waals surface area contributed by atoms with Crippen molar-refractivity contribution < 1.29 is 18.3 Å². The van der Waals surface area contributed by atoms with Crippen molar-refractivity contribution in [2.45, 2.75) is 32.2 Å². The van der Waals surface area contributed by atoms with Gasteiger partial charge in [-0.3, -0.25) is 4.79 Å². The number of aromatic nitrogens is 3. The minimum Gasteiger partial charge on any atom is -0.484 e. The van der Waals surface area contributed by atoms with Crippen molar-refractivity contribution in [3.05, 3.63) is 58.9 Å². The lowest BCUT2D eigenvalue weighted by Gasteiger charge is -2.11. The van der Waals surface area contributed by atoms with Gasteiger partial charge in [-0.15, -0.1) is 10.2 Å². The molecule has 2 heterocycles. The number of nitrogens with one attached hydrogen (secondary N) is 1. The van der Waals surface area contributed by atoms with Crippen molar-refractivity contribution in [1.29, 1.82) is 0 Å². The van der Waals surface area contributed by atoms with Crippen molar-refractivity contribution in [1.82, 2.24) is 14.8 Å². The highest BCUT2D eigenvalue weighted by molar-refractivity contribution is 6.30. The van der Waals surface area contributed by atoms with Gasteiger partial charge in [-0.2, -0.15) is 0 Å². The maximum absolute atomic E-state index is 14.5. The molecular weight excluding hydrogens is 414 g/mol. The SMILES string of the molecule is O=C(COc1ccc(F)c(Cl)c1)Nc1ccc(F)c(-c2nnc3n2CCCCC3)c1. The third kappa shape index (κ3) is 4.43. The molecule has 0 saturated carbocycles. The fourth-order valence-electron chi connectivity index (χ4n) is 3.37. The molecule has 1 aromatic heterocycles. The van der Waals surface area contributed by atoms with Crippen molar-refractivity contribution in [2.24, 2.45) is 0 Å². The number of benzene rings is 2. The summed E-state index contributed by atoms with van der Waals surface area (Å²) >= 11 is 5.70. The monoisotopic (exact) mass is 432 g/mol. The zero-order chi connectivity index (χ0) is 21.1. The van der Waals surface area contributed by atoms with E-state index >= 15 is 0 Å². The zero-order valence-electron chi connectivity index (χ0n) is 16.0. The predicted octanol–water partition coefficient (Wildman–Crippen LogP) is 4.62. The summed E-state index contributed by atoms with van der Waals surface area (Å²) in [4.78, 5) is 12.2. The van der Waals surface area contributed by atoms with Gasteiger partial charge in [0, 0.05) is 24.7 Å². The Bertz CT molecular complexity index is 1090. The van der Waals surface area contributed by atoms with Crippen LogP contribution in [0, 0.1) is 11.6 Å². The molecule has 9 heteroatoms. The standard InChI is InChI=1S/C21H19ClF2N4O2/c22-16-11-14(6-8-18(16)24)30-12-20(29)25-13-5-7-17(23)15(10-13)21-27-26-19-4-2-1-3-9-28(19)21/h5-8,10-11H,1-4,9,12H2,(H,25,29). The van der Waals surface area contributed by atoms with Gasteiger partial charge in [-0.25, -0.2) is 8.78 Å². The Balaban J connectivity index is 1.47. The second kappa shape index (κ2) is 8.79. The molecule has 0 radical (unpaired) electrons. The Morgan fingerprint density at radius 3 is 2.77 bits per heavy atom. The molecule has 1 amide bonds. The van der Waals surface area contributed by atoms with Gasteiger partial charge in [0.2, 0.25) is 0 Å². The topological polar surface area (TPSA) is 69.0 Å². The average Bonchev–Trinajstić information content (AvgIpc) is 2.98. The Hall–Kier alpha value is -3.00. The van der Waals surface area contributed by atoms with Crippen molar-refractivity contribution in [3.8, 4) is 17.1 Å². The Morgan fingerprint density at radius 1 is 1.10 bits per heavy atom. The van der Waals surface area contributed by atoms with Crippen molar-refractivity contribution >= 4 is 23.2 Å². The number of aryl methyl sites for hydroxylation is 1. The van der Waals surface area contributed by atoms with E-state index in [0.717, 1.165) is 44.1 Å². The fraction of sp³-hybridized carbons (Fsp3) is 0.286. The Labute approximate surface area is 176 Å². The first-order chi connectivity index (χ1) is 14.5. The smallest absolute Gasteiger partial charge is 0.262 e. The van der Waals surface area contributed by atoms with Crippen LogP contribution in [-0.2, 0) is 17.8 Å². The maximum atomic E-state index is 14.5. The minimum absolute atomic E-state index is 0.0940. The van der Waals surface area contributed by atoms with E-state index in [0.29, 0.717) is 11.5 Å². The van der Waals surface area contributed by atoms with Gasteiger partial charge in [-0.1, -0.05) is 18.0 Å². The Morgan fingerprint density at radius 2 is 1.93 bits per heavy atom. The molecule has 156 valence electrons. The lowest BCUT2D eigenvalue weighted by atomic mass is 10.1. The second-order valence-electron chi connectivity index (χ2n) is 7.01. The van der Waals surface area contributed by atoms with Crippen LogP contribution in [0.15, 0.2) is 36.4 Å². The highest BCUT2D eigenvalue weighted by Gasteiger charge is 2.19. The highest BCUT2D eigenvalue weighted by atomic mass is 35.5. The van der Waals surface area contributed by atoms with E-state index in [1.165, 1.54) is 30.3 Å². The van der Waals surface area contributed by atoms with Crippen molar-refractivity contribution in [3.63, 3.8) is 0 Å². The maximum Gasteiger partial charge on any atom is 0.262 e. The van der Waals surface area contributed by atoms with Crippen LogP contribution >= 0.6 is 11.6 Å². The number of carbonyl (C=O) groups excluding carboxylic acids is 1. The summed E-state index contributed by atoms with van der Waals surface area (Å²) in [5.74, 6) is 0.110. The van der Waals surface area contributed by atoms with Crippen LogP contribution in [0.5, 0.6) is 5.75 Å². The molecule has 1 N–H and O–H groups in total. The number of nitrogens with zero attached hydrogens (tertiary/aromatic N) is 3. The summed E-state index contributed by atoms with van der Waals surface area (Å²) in [6.07, 6.45) is 3.94. The first kappa shape index (κ1) is 20.3. The number of hydrogen-bond donors (Lipinski definition) is 1. The quantitative estimate of drug-likeness (QED) is 0.638. The summed E-state index contributed by atoms with van der Waals surface area (Å²) in [6, 6.07) is 8.10.